The number of fused-ring (bicyclic) bond motifs is 1. The monoisotopic (exact) mass is 422 g/mol. The fourth-order valence-electron chi connectivity index (χ4n) is 2.25. The van der Waals surface area contributed by atoms with Gasteiger partial charge in [0.05, 0.1) is 14.4 Å². The number of nitrogens with one attached hydrogen (secondary N) is 1. The van der Waals surface area contributed by atoms with Crippen molar-refractivity contribution in [3.63, 3.8) is 0 Å². The molecule has 5 nitrogen and oxygen atoms in total. The van der Waals surface area contributed by atoms with Crippen LogP contribution < -0.4 is 14.8 Å². The molecule has 3 heterocycles. The molecule has 1 aliphatic rings. The first-order valence-corrected chi connectivity index (χ1v) is 9.60. The van der Waals surface area contributed by atoms with Gasteiger partial charge in [-0.05, 0) is 46.3 Å². The van der Waals surface area contributed by atoms with E-state index in [0.29, 0.717) is 35.4 Å². The van der Waals surface area contributed by atoms with Gasteiger partial charge in [0.2, 0.25) is 0 Å². The van der Waals surface area contributed by atoms with Gasteiger partial charge in [-0.15, -0.1) is 22.7 Å². The van der Waals surface area contributed by atoms with Gasteiger partial charge in [0, 0.05) is 10.9 Å². The number of nitrogens with zero attached hydrogens (tertiary/aromatic N) is 1. The third-order valence-electron chi connectivity index (χ3n) is 3.35. The van der Waals surface area contributed by atoms with Crippen LogP contribution in [0, 0.1) is 0 Å². The Hall–Kier alpha value is -1.90. The Labute approximate surface area is 154 Å². The zero-order valence-corrected chi connectivity index (χ0v) is 15.5. The number of aromatic nitrogens is 1. The largest absolute Gasteiger partial charge is 0.486 e. The van der Waals surface area contributed by atoms with Crippen LogP contribution in [0.1, 0.15) is 10.4 Å². The molecule has 3 aromatic rings. The molecule has 0 saturated heterocycles. The van der Waals surface area contributed by atoms with E-state index in [9.17, 15) is 4.79 Å². The molecule has 0 bridgehead atoms. The fraction of sp³-hybridized carbons (Fsp3) is 0.125. The molecule has 122 valence electrons. The molecule has 8 heteroatoms. The highest BCUT2D eigenvalue weighted by Crippen LogP contribution is 2.34. The molecule has 0 saturated carbocycles. The van der Waals surface area contributed by atoms with Gasteiger partial charge in [-0.1, -0.05) is 0 Å². The minimum Gasteiger partial charge on any atom is -0.486 e. The summed E-state index contributed by atoms with van der Waals surface area (Å²) < 4.78 is 12.0. The average Bonchev–Trinajstić information content (AvgIpc) is 3.23. The second kappa shape index (κ2) is 6.54. The third kappa shape index (κ3) is 3.17. The maximum Gasteiger partial charge on any atom is 0.257 e. The topological polar surface area (TPSA) is 60.5 Å². The SMILES string of the molecule is O=C(Nc1nc(-c2ccc(Br)s2)cs1)c1ccc2c(c1)OCCO2. The fourth-order valence-corrected chi connectivity index (χ4v) is 4.38. The number of anilines is 1. The molecule has 1 aliphatic heterocycles. The highest BCUT2D eigenvalue weighted by molar-refractivity contribution is 9.11. The van der Waals surface area contributed by atoms with Gasteiger partial charge in [-0.3, -0.25) is 10.1 Å². The van der Waals surface area contributed by atoms with E-state index in [1.165, 1.54) is 11.3 Å². The normalized spacial score (nSPS) is 12.9. The zero-order valence-electron chi connectivity index (χ0n) is 12.2. The Morgan fingerprint density at radius 2 is 2.00 bits per heavy atom. The number of hydrogen-bond acceptors (Lipinski definition) is 6. The highest BCUT2D eigenvalue weighted by atomic mass is 79.9. The Bertz CT molecular complexity index is 906. The Morgan fingerprint density at radius 3 is 2.79 bits per heavy atom. The van der Waals surface area contributed by atoms with Crippen molar-refractivity contribution in [2.24, 2.45) is 0 Å². The van der Waals surface area contributed by atoms with Crippen LogP contribution in [0.15, 0.2) is 39.5 Å². The van der Waals surface area contributed by atoms with Crippen molar-refractivity contribution < 1.29 is 14.3 Å². The molecule has 0 unspecified atom stereocenters. The minimum atomic E-state index is -0.222. The summed E-state index contributed by atoms with van der Waals surface area (Å²) in [5.74, 6) is 1.04. The number of benzene rings is 1. The first-order chi connectivity index (χ1) is 11.7. The lowest BCUT2D eigenvalue weighted by molar-refractivity contribution is 0.102. The Balaban J connectivity index is 1.51. The van der Waals surface area contributed by atoms with Crippen molar-refractivity contribution in [2.75, 3.05) is 18.5 Å². The van der Waals surface area contributed by atoms with Gasteiger partial charge in [-0.2, -0.15) is 0 Å². The molecule has 1 N–H and O–H groups in total. The molecular weight excluding hydrogens is 412 g/mol. The van der Waals surface area contributed by atoms with Crippen molar-refractivity contribution >= 4 is 49.6 Å². The molecule has 0 spiro atoms. The number of amides is 1. The molecular formula is C16H11BrN2O3S2. The van der Waals surface area contributed by atoms with Crippen molar-refractivity contribution in [3.8, 4) is 22.1 Å². The van der Waals surface area contributed by atoms with Gasteiger partial charge in [-0.25, -0.2) is 4.98 Å². The number of thiazole rings is 1. The quantitative estimate of drug-likeness (QED) is 0.666. The summed E-state index contributed by atoms with van der Waals surface area (Å²) in [4.78, 5) is 17.9. The molecule has 0 fully saturated rings. The smallest absolute Gasteiger partial charge is 0.257 e. The highest BCUT2D eigenvalue weighted by Gasteiger charge is 2.16. The molecule has 0 aliphatic carbocycles. The van der Waals surface area contributed by atoms with Gasteiger partial charge < -0.3 is 9.47 Å². The minimum absolute atomic E-state index is 0.222. The lowest BCUT2D eigenvalue weighted by Crippen LogP contribution is -2.17. The van der Waals surface area contributed by atoms with Gasteiger partial charge >= 0.3 is 0 Å². The summed E-state index contributed by atoms with van der Waals surface area (Å²) in [5, 5.41) is 5.32. The predicted octanol–water partition coefficient (Wildman–Crippen LogP) is 4.66. The second-order valence-corrected chi connectivity index (χ2v) is 8.28. The van der Waals surface area contributed by atoms with E-state index >= 15 is 0 Å². The van der Waals surface area contributed by atoms with Crippen LogP contribution in [0.2, 0.25) is 0 Å². The number of halogens is 1. The first kappa shape index (κ1) is 15.6. The summed E-state index contributed by atoms with van der Waals surface area (Å²) in [6, 6.07) is 9.13. The van der Waals surface area contributed by atoms with Crippen LogP contribution in [-0.4, -0.2) is 24.1 Å². The van der Waals surface area contributed by atoms with Crippen LogP contribution in [0.25, 0.3) is 10.6 Å². The van der Waals surface area contributed by atoms with Crippen molar-refractivity contribution in [3.05, 3.63) is 45.1 Å². The number of rotatable bonds is 3. The van der Waals surface area contributed by atoms with Crippen LogP contribution in [-0.2, 0) is 0 Å². The van der Waals surface area contributed by atoms with E-state index in [1.807, 2.05) is 17.5 Å². The number of carbonyl (C=O) groups is 1. The summed E-state index contributed by atoms with van der Waals surface area (Å²) in [5.41, 5.74) is 1.36. The van der Waals surface area contributed by atoms with E-state index in [4.69, 9.17) is 9.47 Å². The van der Waals surface area contributed by atoms with Gasteiger partial charge in [0.15, 0.2) is 16.6 Å². The van der Waals surface area contributed by atoms with E-state index in [2.05, 4.69) is 26.2 Å². The van der Waals surface area contributed by atoms with Crippen LogP contribution in [0.5, 0.6) is 11.5 Å². The van der Waals surface area contributed by atoms with E-state index in [0.717, 1.165) is 14.4 Å². The van der Waals surface area contributed by atoms with Crippen LogP contribution in [0.3, 0.4) is 0 Å². The first-order valence-electron chi connectivity index (χ1n) is 7.11. The lowest BCUT2D eigenvalue weighted by atomic mass is 10.2. The molecule has 1 amide bonds. The summed E-state index contributed by atoms with van der Waals surface area (Å²) in [7, 11) is 0. The maximum absolute atomic E-state index is 12.4. The number of carbonyl (C=O) groups excluding carboxylic acids is 1. The number of thiophene rings is 1. The average molecular weight is 423 g/mol. The molecule has 0 atom stereocenters. The predicted molar refractivity (Wildman–Crippen MR) is 98.5 cm³/mol. The Morgan fingerprint density at radius 1 is 1.17 bits per heavy atom. The van der Waals surface area contributed by atoms with Crippen molar-refractivity contribution in [1.29, 1.82) is 0 Å². The molecule has 1 aromatic carbocycles. The van der Waals surface area contributed by atoms with Gasteiger partial charge in [0.1, 0.15) is 13.2 Å². The van der Waals surface area contributed by atoms with E-state index in [1.54, 1.807) is 29.5 Å². The van der Waals surface area contributed by atoms with Crippen LogP contribution in [0.4, 0.5) is 5.13 Å². The number of hydrogen-bond donors (Lipinski definition) is 1. The second-order valence-electron chi connectivity index (χ2n) is 4.95. The lowest BCUT2D eigenvalue weighted by Gasteiger charge is -2.18. The number of ether oxygens (including phenoxy) is 2. The summed E-state index contributed by atoms with van der Waals surface area (Å²) in [6.45, 7) is 1.02. The third-order valence-corrected chi connectivity index (χ3v) is 5.76. The molecule has 24 heavy (non-hydrogen) atoms. The molecule has 2 aromatic heterocycles. The van der Waals surface area contributed by atoms with Gasteiger partial charge in [0.25, 0.3) is 5.91 Å². The van der Waals surface area contributed by atoms with Crippen molar-refractivity contribution in [2.45, 2.75) is 0 Å². The van der Waals surface area contributed by atoms with E-state index in [-0.39, 0.29) is 5.91 Å². The standard InChI is InChI=1S/C16H11BrN2O3S2/c17-14-4-3-13(24-14)10-8-23-16(18-10)19-15(20)9-1-2-11-12(7-9)22-6-5-21-11/h1-4,7-8H,5-6H2,(H,18,19,20). The summed E-state index contributed by atoms with van der Waals surface area (Å²) >= 11 is 6.44. The zero-order chi connectivity index (χ0) is 16.5. The van der Waals surface area contributed by atoms with E-state index < -0.39 is 0 Å². The van der Waals surface area contributed by atoms with Crippen molar-refractivity contribution in [1.82, 2.24) is 4.98 Å². The summed E-state index contributed by atoms with van der Waals surface area (Å²) in [6.07, 6.45) is 0. The Kier molecular flexibility index (Phi) is 4.26. The molecule has 4 rings (SSSR count). The maximum atomic E-state index is 12.4. The van der Waals surface area contributed by atoms with Crippen LogP contribution >= 0.6 is 38.6 Å². The molecule has 0 radical (unpaired) electrons.